The molecular formula is C24H22Cl2FN3O5S2. The van der Waals surface area contributed by atoms with Gasteiger partial charge in [-0.2, -0.15) is 4.31 Å². The smallest absolute Gasteiger partial charge is 0.293 e. The first-order valence-electron chi connectivity index (χ1n) is 11.3. The molecule has 2 heterocycles. The van der Waals surface area contributed by atoms with Gasteiger partial charge in [0.25, 0.3) is 11.1 Å². The van der Waals surface area contributed by atoms with Crippen LogP contribution in [0.1, 0.15) is 18.4 Å². The number of thioether (sulfide) groups is 1. The minimum atomic E-state index is -3.86. The van der Waals surface area contributed by atoms with Crippen LogP contribution < -0.4 is 5.32 Å². The van der Waals surface area contributed by atoms with Gasteiger partial charge >= 0.3 is 0 Å². The standard InChI is InChI=1S/C24H22Cl2FN3O5S2/c25-17-5-3-7-20(21(17)26)37(34,35)29-11-8-15(9-12-29)22(31)28-10-13-30-23(32)19(36-24(30)33)14-16-4-1-2-6-18(16)27/h1-7,14-15H,8-13H2,(H,28,31)/b19-14+. The van der Waals surface area contributed by atoms with E-state index in [9.17, 15) is 27.2 Å². The molecule has 2 aliphatic rings. The van der Waals surface area contributed by atoms with Crippen LogP contribution in [0.25, 0.3) is 6.08 Å². The average molecular weight is 586 g/mol. The summed E-state index contributed by atoms with van der Waals surface area (Å²) in [5.74, 6) is -1.76. The second-order valence-electron chi connectivity index (χ2n) is 8.38. The molecule has 0 spiro atoms. The van der Waals surface area contributed by atoms with E-state index in [1.165, 1.54) is 46.8 Å². The maximum atomic E-state index is 13.9. The number of imide groups is 1. The first-order chi connectivity index (χ1) is 17.6. The quantitative estimate of drug-likeness (QED) is 0.483. The van der Waals surface area contributed by atoms with Crippen molar-refractivity contribution in [3.8, 4) is 0 Å². The zero-order chi connectivity index (χ0) is 26.7. The van der Waals surface area contributed by atoms with Crippen molar-refractivity contribution in [2.24, 2.45) is 5.92 Å². The van der Waals surface area contributed by atoms with Gasteiger partial charge in [-0.05, 0) is 48.9 Å². The van der Waals surface area contributed by atoms with Crippen molar-refractivity contribution in [2.45, 2.75) is 17.7 Å². The van der Waals surface area contributed by atoms with Gasteiger partial charge in [0.05, 0.1) is 15.0 Å². The third kappa shape index (κ3) is 6.01. The molecule has 0 aliphatic carbocycles. The lowest BCUT2D eigenvalue weighted by atomic mass is 9.97. The van der Waals surface area contributed by atoms with Crippen LogP contribution >= 0.6 is 35.0 Å². The molecule has 2 fully saturated rings. The normalized spacial score (nSPS) is 18.6. The fraction of sp³-hybridized carbons (Fsp3) is 0.292. The van der Waals surface area contributed by atoms with Crippen molar-refractivity contribution in [1.82, 2.24) is 14.5 Å². The van der Waals surface area contributed by atoms with Gasteiger partial charge < -0.3 is 5.32 Å². The van der Waals surface area contributed by atoms with Gasteiger partial charge in [-0.3, -0.25) is 19.3 Å². The van der Waals surface area contributed by atoms with Gasteiger partial charge in [0, 0.05) is 37.7 Å². The number of nitrogens with one attached hydrogen (secondary N) is 1. The van der Waals surface area contributed by atoms with Crippen LogP contribution in [-0.4, -0.2) is 60.9 Å². The fourth-order valence-electron chi connectivity index (χ4n) is 4.04. The molecule has 0 bridgehead atoms. The van der Waals surface area contributed by atoms with E-state index in [0.29, 0.717) is 24.6 Å². The summed E-state index contributed by atoms with van der Waals surface area (Å²) in [6.45, 7) is 0.270. The molecule has 0 radical (unpaired) electrons. The van der Waals surface area contributed by atoms with Crippen LogP contribution in [0.4, 0.5) is 9.18 Å². The molecule has 2 aromatic carbocycles. The molecule has 0 atom stereocenters. The number of hydrogen-bond donors (Lipinski definition) is 1. The van der Waals surface area contributed by atoms with E-state index in [2.05, 4.69) is 5.32 Å². The topological polar surface area (TPSA) is 104 Å². The highest BCUT2D eigenvalue weighted by Crippen LogP contribution is 2.33. The Kier molecular flexibility index (Phi) is 8.59. The number of nitrogens with zero attached hydrogens (tertiary/aromatic N) is 2. The van der Waals surface area contributed by atoms with Crippen molar-refractivity contribution in [2.75, 3.05) is 26.2 Å². The van der Waals surface area contributed by atoms with Crippen molar-refractivity contribution in [3.05, 3.63) is 68.8 Å². The van der Waals surface area contributed by atoms with Gasteiger partial charge in [0.15, 0.2) is 0 Å². The van der Waals surface area contributed by atoms with Crippen LogP contribution in [0.15, 0.2) is 52.3 Å². The molecule has 0 saturated carbocycles. The van der Waals surface area contributed by atoms with E-state index < -0.39 is 32.9 Å². The summed E-state index contributed by atoms with van der Waals surface area (Å²) in [5.41, 5.74) is 0.201. The fourth-order valence-corrected chi connectivity index (χ4v) is 7.10. The van der Waals surface area contributed by atoms with Crippen LogP contribution in [0.3, 0.4) is 0 Å². The van der Waals surface area contributed by atoms with Gasteiger partial charge in [-0.1, -0.05) is 47.5 Å². The Bertz CT molecular complexity index is 1380. The maximum absolute atomic E-state index is 13.9. The molecule has 2 aromatic rings. The molecule has 8 nitrogen and oxygen atoms in total. The van der Waals surface area contributed by atoms with E-state index in [-0.39, 0.29) is 57.5 Å². The van der Waals surface area contributed by atoms with Crippen molar-refractivity contribution in [1.29, 1.82) is 0 Å². The number of amides is 3. The highest BCUT2D eigenvalue weighted by Gasteiger charge is 2.36. The monoisotopic (exact) mass is 585 g/mol. The number of sulfonamides is 1. The summed E-state index contributed by atoms with van der Waals surface area (Å²) in [6.07, 6.45) is 1.93. The predicted octanol–water partition coefficient (Wildman–Crippen LogP) is 4.39. The van der Waals surface area contributed by atoms with Crippen LogP contribution in [0.5, 0.6) is 0 Å². The van der Waals surface area contributed by atoms with Crippen LogP contribution in [0, 0.1) is 11.7 Å². The number of rotatable bonds is 7. The van der Waals surface area contributed by atoms with Gasteiger partial charge in [0.2, 0.25) is 15.9 Å². The minimum absolute atomic E-state index is 0.0362. The Balaban J connectivity index is 1.28. The Morgan fingerprint density at radius 2 is 1.81 bits per heavy atom. The first kappa shape index (κ1) is 27.6. The molecule has 37 heavy (non-hydrogen) atoms. The highest BCUT2D eigenvalue weighted by molar-refractivity contribution is 8.18. The number of benzene rings is 2. The summed E-state index contributed by atoms with van der Waals surface area (Å²) >= 11 is 12.8. The van der Waals surface area contributed by atoms with Crippen molar-refractivity contribution >= 4 is 68.1 Å². The third-order valence-electron chi connectivity index (χ3n) is 6.06. The Morgan fingerprint density at radius 3 is 2.51 bits per heavy atom. The van der Waals surface area contributed by atoms with E-state index in [1.807, 2.05) is 0 Å². The summed E-state index contributed by atoms with van der Waals surface area (Å²) in [5, 5.41) is 2.31. The second-order valence-corrected chi connectivity index (χ2v) is 12.1. The van der Waals surface area contributed by atoms with Crippen LogP contribution in [-0.2, 0) is 19.6 Å². The summed E-state index contributed by atoms with van der Waals surface area (Å²) in [6, 6.07) is 10.3. The molecule has 13 heteroatoms. The predicted molar refractivity (Wildman–Crippen MR) is 140 cm³/mol. The number of carbonyl (C=O) groups is 3. The Labute approximate surface area is 227 Å². The molecule has 196 valence electrons. The highest BCUT2D eigenvalue weighted by atomic mass is 35.5. The molecule has 4 rings (SSSR count). The number of hydrogen-bond acceptors (Lipinski definition) is 6. The van der Waals surface area contributed by atoms with E-state index in [1.54, 1.807) is 6.07 Å². The van der Waals surface area contributed by atoms with Crippen molar-refractivity contribution in [3.63, 3.8) is 0 Å². The number of halogens is 3. The van der Waals surface area contributed by atoms with Gasteiger partial charge in [-0.15, -0.1) is 0 Å². The zero-order valence-corrected chi connectivity index (χ0v) is 22.5. The molecule has 0 unspecified atom stereocenters. The lowest BCUT2D eigenvalue weighted by Crippen LogP contribution is -2.44. The number of carbonyl (C=O) groups excluding carboxylic acids is 3. The van der Waals surface area contributed by atoms with E-state index >= 15 is 0 Å². The summed E-state index contributed by atoms with van der Waals surface area (Å²) in [4.78, 5) is 38.6. The van der Waals surface area contributed by atoms with Gasteiger partial charge in [0.1, 0.15) is 10.7 Å². The lowest BCUT2D eigenvalue weighted by Gasteiger charge is -2.31. The zero-order valence-electron chi connectivity index (χ0n) is 19.3. The maximum Gasteiger partial charge on any atom is 0.293 e. The summed E-state index contributed by atoms with van der Waals surface area (Å²) < 4.78 is 41.1. The average Bonchev–Trinajstić information content (AvgIpc) is 3.14. The largest absolute Gasteiger partial charge is 0.354 e. The molecule has 3 amide bonds. The van der Waals surface area contributed by atoms with Crippen LogP contribution in [0.2, 0.25) is 10.0 Å². The molecular weight excluding hydrogens is 564 g/mol. The molecule has 0 aromatic heterocycles. The Hall–Kier alpha value is -2.44. The third-order valence-corrected chi connectivity index (χ3v) is 9.84. The molecule has 2 saturated heterocycles. The summed E-state index contributed by atoms with van der Waals surface area (Å²) in [7, 11) is -3.86. The van der Waals surface area contributed by atoms with E-state index in [4.69, 9.17) is 23.2 Å². The van der Waals surface area contributed by atoms with E-state index in [0.717, 1.165) is 4.90 Å². The first-order valence-corrected chi connectivity index (χ1v) is 14.3. The molecule has 2 aliphatic heterocycles. The minimum Gasteiger partial charge on any atom is -0.354 e. The number of piperidine rings is 1. The second kappa shape index (κ2) is 11.5. The molecule has 1 N–H and O–H groups in total. The SMILES string of the molecule is O=C(NCCN1C(=O)S/C(=C/c2ccccc2F)C1=O)C1CCN(S(=O)(=O)c2cccc(Cl)c2Cl)CC1. The Morgan fingerprint density at radius 1 is 1.11 bits per heavy atom. The van der Waals surface area contributed by atoms with Crippen molar-refractivity contribution < 1.29 is 27.2 Å². The lowest BCUT2D eigenvalue weighted by molar-refractivity contribution is -0.127. The van der Waals surface area contributed by atoms with Gasteiger partial charge in [-0.25, -0.2) is 12.8 Å².